The van der Waals surface area contributed by atoms with Crippen molar-refractivity contribution >= 4 is 17.3 Å². The Labute approximate surface area is 112 Å². The molecule has 98 valence electrons. The topological polar surface area (TPSA) is 66.6 Å². The summed E-state index contributed by atoms with van der Waals surface area (Å²) in [6.45, 7) is 1.87. The highest BCUT2D eigenvalue weighted by Crippen LogP contribution is 2.23. The van der Waals surface area contributed by atoms with Gasteiger partial charge in [-0.15, -0.1) is 0 Å². The molecule has 0 radical (unpaired) electrons. The van der Waals surface area contributed by atoms with Crippen molar-refractivity contribution < 1.29 is 9.90 Å². The standard InChI is InChI=1S/C15H16N2O2/c1-10-6-7-14(18)13(8-10)15(19)17(2)12-5-3-4-11(16)9-12/h3-9,18H,16H2,1-2H3. The molecule has 0 saturated carbocycles. The minimum atomic E-state index is -0.271. The number of nitrogen functional groups attached to an aromatic ring is 1. The summed E-state index contributed by atoms with van der Waals surface area (Å²) < 4.78 is 0. The largest absolute Gasteiger partial charge is 0.507 e. The third-order valence-electron chi connectivity index (χ3n) is 2.94. The zero-order chi connectivity index (χ0) is 14.0. The van der Waals surface area contributed by atoms with Crippen LogP contribution in [0.3, 0.4) is 0 Å². The minimum Gasteiger partial charge on any atom is -0.507 e. The molecule has 4 nitrogen and oxygen atoms in total. The van der Waals surface area contributed by atoms with Crippen molar-refractivity contribution in [3.8, 4) is 5.75 Å². The lowest BCUT2D eigenvalue weighted by atomic mass is 10.1. The van der Waals surface area contributed by atoms with Crippen LogP contribution < -0.4 is 10.6 Å². The molecule has 0 bridgehead atoms. The molecule has 0 aliphatic rings. The van der Waals surface area contributed by atoms with Crippen LogP contribution in [-0.2, 0) is 0 Å². The monoisotopic (exact) mass is 256 g/mol. The Morgan fingerprint density at radius 2 is 1.95 bits per heavy atom. The third-order valence-corrected chi connectivity index (χ3v) is 2.94. The van der Waals surface area contributed by atoms with Crippen molar-refractivity contribution in [1.29, 1.82) is 0 Å². The van der Waals surface area contributed by atoms with E-state index in [4.69, 9.17) is 5.73 Å². The number of amides is 1. The number of rotatable bonds is 2. The van der Waals surface area contributed by atoms with Gasteiger partial charge in [0.05, 0.1) is 5.56 Å². The van der Waals surface area contributed by atoms with E-state index in [2.05, 4.69) is 0 Å². The van der Waals surface area contributed by atoms with Gasteiger partial charge in [0.15, 0.2) is 0 Å². The van der Waals surface area contributed by atoms with Gasteiger partial charge >= 0.3 is 0 Å². The molecule has 2 aromatic carbocycles. The number of hydrogen-bond acceptors (Lipinski definition) is 3. The van der Waals surface area contributed by atoms with Crippen LogP contribution in [0.5, 0.6) is 5.75 Å². The van der Waals surface area contributed by atoms with Crippen LogP contribution in [0.1, 0.15) is 15.9 Å². The van der Waals surface area contributed by atoms with E-state index >= 15 is 0 Å². The van der Waals surface area contributed by atoms with Gasteiger partial charge in [-0.05, 0) is 37.3 Å². The molecule has 0 fully saturated rings. The van der Waals surface area contributed by atoms with Crippen molar-refractivity contribution in [3.05, 3.63) is 53.6 Å². The lowest BCUT2D eigenvalue weighted by Crippen LogP contribution is -2.26. The second kappa shape index (κ2) is 5.02. The summed E-state index contributed by atoms with van der Waals surface area (Å²) in [5, 5.41) is 9.78. The van der Waals surface area contributed by atoms with Crippen LogP contribution in [0.4, 0.5) is 11.4 Å². The molecule has 19 heavy (non-hydrogen) atoms. The summed E-state index contributed by atoms with van der Waals surface area (Å²) in [5.41, 5.74) is 8.18. The first-order valence-electron chi connectivity index (χ1n) is 5.92. The van der Waals surface area contributed by atoms with E-state index in [1.165, 1.54) is 11.0 Å². The van der Waals surface area contributed by atoms with Crippen LogP contribution in [0.25, 0.3) is 0 Å². The smallest absolute Gasteiger partial charge is 0.261 e. The van der Waals surface area contributed by atoms with Gasteiger partial charge in [0, 0.05) is 18.4 Å². The molecule has 2 rings (SSSR count). The van der Waals surface area contributed by atoms with Gasteiger partial charge in [0.1, 0.15) is 5.75 Å². The SMILES string of the molecule is Cc1ccc(O)c(C(=O)N(C)c2cccc(N)c2)c1. The van der Waals surface area contributed by atoms with Crippen LogP contribution >= 0.6 is 0 Å². The van der Waals surface area contributed by atoms with E-state index in [1.54, 1.807) is 43.4 Å². The molecule has 0 atom stereocenters. The molecule has 2 aromatic rings. The van der Waals surface area contributed by atoms with Gasteiger partial charge in [-0.3, -0.25) is 4.79 Å². The highest BCUT2D eigenvalue weighted by Gasteiger charge is 2.17. The lowest BCUT2D eigenvalue weighted by Gasteiger charge is -2.18. The van der Waals surface area contributed by atoms with E-state index < -0.39 is 0 Å². The second-order valence-electron chi connectivity index (χ2n) is 4.48. The average molecular weight is 256 g/mol. The Bertz CT molecular complexity index is 623. The van der Waals surface area contributed by atoms with Crippen molar-refractivity contribution in [3.63, 3.8) is 0 Å². The highest BCUT2D eigenvalue weighted by atomic mass is 16.3. The van der Waals surface area contributed by atoms with E-state index in [0.29, 0.717) is 11.4 Å². The van der Waals surface area contributed by atoms with E-state index in [1.807, 2.05) is 6.92 Å². The maximum atomic E-state index is 12.4. The molecular weight excluding hydrogens is 240 g/mol. The molecular formula is C15H16N2O2. The van der Waals surface area contributed by atoms with Crippen molar-refractivity contribution in [2.75, 3.05) is 17.7 Å². The van der Waals surface area contributed by atoms with E-state index in [-0.39, 0.29) is 17.2 Å². The molecule has 0 spiro atoms. The highest BCUT2D eigenvalue weighted by molar-refractivity contribution is 6.07. The summed E-state index contributed by atoms with van der Waals surface area (Å²) >= 11 is 0. The number of aryl methyl sites for hydroxylation is 1. The normalized spacial score (nSPS) is 10.2. The number of carbonyl (C=O) groups excluding carboxylic acids is 1. The zero-order valence-corrected chi connectivity index (χ0v) is 10.9. The van der Waals surface area contributed by atoms with Crippen LogP contribution in [0.15, 0.2) is 42.5 Å². The fourth-order valence-corrected chi connectivity index (χ4v) is 1.85. The first kappa shape index (κ1) is 13.0. The number of hydrogen-bond donors (Lipinski definition) is 2. The van der Waals surface area contributed by atoms with Gasteiger partial charge in [0.25, 0.3) is 5.91 Å². The molecule has 0 aliphatic heterocycles. The summed E-state index contributed by atoms with van der Waals surface area (Å²) in [7, 11) is 1.65. The van der Waals surface area contributed by atoms with Crippen LogP contribution in [0.2, 0.25) is 0 Å². The maximum Gasteiger partial charge on any atom is 0.261 e. The number of carbonyl (C=O) groups is 1. The third kappa shape index (κ3) is 2.68. The number of nitrogens with two attached hydrogens (primary N) is 1. The molecule has 0 aliphatic carbocycles. The number of phenolic OH excluding ortho intramolecular Hbond substituents is 1. The van der Waals surface area contributed by atoms with E-state index in [9.17, 15) is 9.90 Å². The van der Waals surface area contributed by atoms with Crippen molar-refractivity contribution in [1.82, 2.24) is 0 Å². The predicted molar refractivity (Wildman–Crippen MR) is 76.4 cm³/mol. The summed E-state index contributed by atoms with van der Waals surface area (Å²) in [6.07, 6.45) is 0. The number of anilines is 2. The van der Waals surface area contributed by atoms with Gasteiger partial charge in [0.2, 0.25) is 0 Å². The number of aromatic hydroxyl groups is 1. The Balaban J connectivity index is 2.36. The van der Waals surface area contributed by atoms with Crippen LogP contribution in [-0.4, -0.2) is 18.1 Å². The van der Waals surface area contributed by atoms with Gasteiger partial charge in [-0.1, -0.05) is 17.7 Å². The maximum absolute atomic E-state index is 12.4. The molecule has 3 N–H and O–H groups in total. The zero-order valence-electron chi connectivity index (χ0n) is 10.9. The van der Waals surface area contributed by atoms with E-state index in [0.717, 1.165) is 5.56 Å². The summed E-state index contributed by atoms with van der Waals surface area (Å²) in [6, 6.07) is 12.0. The Morgan fingerprint density at radius 3 is 2.63 bits per heavy atom. The van der Waals surface area contributed by atoms with Crippen molar-refractivity contribution in [2.45, 2.75) is 6.92 Å². The Hall–Kier alpha value is -2.49. The van der Waals surface area contributed by atoms with Crippen LogP contribution in [0, 0.1) is 6.92 Å². The van der Waals surface area contributed by atoms with Crippen molar-refractivity contribution in [2.24, 2.45) is 0 Å². The first-order chi connectivity index (χ1) is 8.99. The summed E-state index contributed by atoms with van der Waals surface area (Å²) in [4.78, 5) is 13.8. The number of benzene rings is 2. The Morgan fingerprint density at radius 1 is 1.21 bits per heavy atom. The lowest BCUT2D eigenvalue weighted by molar-refractivity contribution is 0.0990. The first-order valence-corrected chi connectivity index (χ1v) is 5.92. The molecule has 0 unspecified atom stereocenters. The fourth-order valence-electron chi connectivity index (χ4n) is 1.85. The van der Waals surface area contributed by atoms with Gasteiger partial charge < -0.3 is 15.7 Å². The van der Waals surface area contributed by atoms with Gasteiger partial charge in [-0.2, -0.15) is 0 Å². The molecule has 0 saturated heterocycles. The summed E-state index contributed by atoms with van der Waals surface area (Å²) in [5.74, 6) is -0.293. The quantitative estimate of drug-likeness (QED) is 0.811. The molecule has 0 heterocycles. The second-order valence-corrected chi connectivity index (χ2v) is 4.48. The fraction of sp³-hybridized carbons (Fsp3) is 0.133. The molecule has 0 aromatic heterocycles. The number of nitrogens with zero attached hydrogens (tertiary/aromatic N) is 1. The van der Waals surface area contributed by atoms with Gasteiger partial charge in [-0.25, -0.2) is 0 Å². The average Bonchev–Trinajstić information content (AvgIpc) is 2.40. The minimum absolute atomic E-state index is 0.0219. The Kier molecular flexibility index (Phi) is 3.42. The molecule has 1 amide bonds. The number of phenols is 1. The predicted octanol–water partition coefficient (Wildman–Crippen LogP) is 2.56. The molecule has 4 heteroatoms.